The molecule has 0 atom stereocenters. The van der Waals surface area contributed by atoms with E-state index in [4.69, 9.17) is 0 Å². The van der Waals surface area contributed by atoms with Crippen LogP contribution in [0, 0.1) is 11.8 Å². The fourth-order valence-electron chi connectivity index (χ4n) is 3.46. The Balaban J connectivity index is 1.91. The van der Waals surface area contributed by atoms with Gasteiger partial charge in [0.25, 0.3) is 0 Å². The molecule has 0 aromatic heterocycles. The van der Waals surface area contributed by atoms with Gasteiger partial charge in [0, 0.05) is 11.1 Å². The van der Waals surface area contributed by atoms with E-state index in [1.165, 1.54) is 32.4 Å². The van der Waals surface area contributed by atoms with Gasteiger partial charge in [0.15, 0.2) is 5.60 Å². The van der Waals surface area contributed by atoms with Crippen molar-refractivity contribution in [2.24, 2.45) is 0 Å². The summed E-state index contributed by atoms with van der Waals surface area (Å²) in [4.78, 5) is 0. The normalized spacial score (nSPS) is 16.9. The van der Waals surface area contributed by atoms with Gasteiger partial charge in [-0.3, -0.25) is 0 Å². The molecule has 0 unspecified atom stereocenters. The molecule has 1 heterocycles. The molecule has 1 saturated heterocycles. The van der Waals surface area contributed by atoms with Crippen molar-refractivity contribution < 1.29 is 9.59 Å². The van der Waals surface area contributed by atoms with Crippen LogP contribution in [-0.2, 0) is 5.60 Å². The Hall–Kier alpha value is -2.08. The van der Waals surface area contributed by atoms with E-state index >= 15 is 0 Å². The van der Waals surface area contributed by atoms with Crippen LogP contribution in [0.25, 0.3) is 0 Å². The number of hydrogen-bond donors (Lipinski definition) is 1. The van der Waals surface area contributed by atoms with Gasteiger partial charge in [-0.2, -0.15) is 0 Å². The standard InChI is InChI=1S/C22H26NO/c1-23(17-9-4-10-18-23)19-11-16-22(24,20-12-5-2-6-13-20)21-14-7-3-8-15-21/h2-3,5-8,12-15,24H,4,9-10,17-19H2,1H3/q+1. The summed E-state index contributed by atoms with van der Waals surface area (Å²) >= 11 is 0. The Morgan fingerprint density at radius 3 is 1.88 bits per heavy atom. The van der Waals surface area contributed by atoms with Gasteiger partial charge in [-0.05, 0) is 25.2 Å². The summed E-state index contributed by atoms with van der Waals surface area (Å²) in [5, 5.41) is 11.4. The SMILES string of the molecule is C[N+]1(CC#CC(O)(c2ccccc2)c2ccccc2)CCCCC1. The van der Waals surface area contributed by atoms with Crippen LogP contribution in [0.1, 0.15) is 30.4 Å². The number of rotatable bonds is 3. The third-order valence-electron chi connectivity index (χ3n) is 5.01. The summed E-state index contributed by atoms with van der Waals surface area (Å²) in [6.07, 6.45) is 3.89. The van der Waals surface area contributed by atoms with Crippen molar-refractivity contribution in [3.05, 3.63) is 71.8 Å². The summed E-state index contributed by atoms with van der Waals surface area (Å²) in [7, 11) is 2.28. The van der Waals surface area contributed by atoms with Gasteiger partial charge < -0.3 is 9.59 Å². The smallest absolute Gasteiger partial charge is 0.177 e. The average Bonchev–Trinajstić information content (AvgIpc) is 2.63. The molecule has 0 radical (unpaired) electrons. The topological polar surface area (TPSA) is 20.2 Å². The largest absolute Gasteiger partial charge is 0.369 e. The maximum Gasteiger partial charge on any atom is 0.177 e. The lowest BCUT2D eigenvalue weighted by Crippen LogP contribution is -2.48. The minimum absolute atomic E-state index is 0.794. The molecule has 3 rings (SSSR count). The molecule has 0 saturated carbocycles. The summed E-state index contributed by atoms with van der Waals surface area (Å²) in [6.45, 7) is 3.16. The molecule has 2 heteroatoms. The second-order valence-corrected chi connectivity index (χ2v) is 7.03. The van der Waals surface area contributed by atoms with Crippen LogP contribution in [0.3, 0.4) is 0 Å². The quantitative estimate of drug-likeness (QED) is 0.677. The maximum atomic E-state index is 11.4. The minimum Gasteiger partial charge on any atom is -0.369 e. The predicted molar refractivity (Wildman–Crippen MR) is 98.3 cm³/mol. The first-order valence-corrected chi connectivity index (χ1v) is 8.79. The zero-order chi connectivity index (χ0) is 16.9. The highest BCUT2D eigenvalue weighted by molar-refractivity contribution is 5.44. The second-order valence-electron chi connectivity index (χ2n) is 7.03. The third kappa shape index (κ3) is 3.70. The molecule has 0 spiro atoms. The molecule has 1 N–H and O–H groups in total. The molecule has 2 aromatic rings. The molecule has 0 amide bonds. The molecule has 2 nitrogen and oxygen atoms in total. The molecule has 0 aliphatic carbocycles. The van der Waals surface area contributed by atoms with Crippen LogP contribution < -0.4 is 0 Å². The highest BCUT2D eigenvalue weighted by atomic mass is 16.3. The Morgan fingerprint density at radius 2 is 1.38 bits per heavy atom. The molecule has 24 heavy (non-hydrogen) atoms. The number of nitrogens with zero attached hydrogens (tertiary/aromatic N) is 1. The predicted octanol–water partition coefficient (Wildman–Crippen LogP) is 3.56. The van der Waals surface area contributed by atoms with Crippen molar-refractivity contribution in [1.29, 1.82) is 0 Å². The summed E-state index contributed by atoms with van der Waals surface area (Å²) < 4.78 is 0.993. The van der Waals surface area contributed by atoms with Crippen LogP contribution in [0.15, 0.2) is 60.7 Å². The first kappa shape index (κ1) is 16.8. The van der Waals surface area contributed by atoms with Crippen LogP contribution in [0.4, 0.5) is 0 Å². The number of hydrogen-bond acceptors (Lipinski definition) is 1. The summed E-state index contributed by atoms with van der Waals surface area (Å²) in [6, 6.07) is 19.5. The lowest BCUT2D eigenvalue weighted by atomic mass is 9.87. The van der Waals surface area contributed by atoms with Crippen LogP contribution in [0.2, 0.25) is 0 Å². The van der Waals surface area contributed by atoms with E-state index in [1.54, 1.807) is 0 Å². The molecule has 0 bridgehead atoms. The minimum atomic E-state index is -1.25. The average molecular weight is 320 g/mol. The van der Waals surface area contributed by atoms with Crippen molar-refractivity contribution in [3.63, 3.8) is 0 Å². The molecular formula is C22H26NO+. The highest BCUT2D eigenvalue weighted by Crippen LogP contribution is 2.28. The summed E-state index contributed by atoms with van der Waals surface area (Å²) in [5.74, 6) is 6.50. The van der Waals surface area contributed by atoms with Crippen molar-refractivity contribution in [3.8, 4) is 11.8 Å². The highest BCUT2D eigenvalue weighted by Gasteiger charge is 2.30. The first-order chi connectivity index (χ1) is 11.6. The monoisotopic (exact) mass is 320 g/mol. The van der Waals surface area contributed by atoms with E-state index < -0.39 is 5.60 Å². The summed E-state index contributed by atoms with van der Waals surface area (Å²) in [5.41, 5.74) is 0.396. The fourth-order valence-corrected chi connectivity index (χ4v) is 3.46. The number of quaternary nitrogens is 1. The van der Waals surface area contributed by atoms with Crippen molar-refractivity contribution in [1.82, 2.24) is 0 Å². The van der Waals surface area contributed by atoms with Crippen LogP contribution >= 0.6 is 0 Å². The zero-order valence-electron chi connectivity index (χ0n) is 14.4. The number of benzene rings is 2. The molecule has 1 fully saturated rings. The van der Waals surface area contributed by atoms with E-state index in [2.05, 4.69) is 18.9 Å². The van der Waals surface area contributed by atoms with Gasteiger partial charge in [0.05, 0.1) is 20.1 Å². The van der Waals surface area contributed by atoms with Gasteiger partial charge in [0.2, 0.25) is 0 Å². The van der Waals surface area contributed by atoms with E-state index in [0.29, 0.717) is 0 Å². The lowest BCUT2D eigenvalue weighted by molar-refractivity contribution is -0.907. The van der Waals surface area contributed by atoms with E-state index in [9.17, 15) is 5.11 Å². The van der Waals surface area contributed by atoms with E-state index in [-0.39, 0.29) is 0 Å². The van der Waals surface area contributed by atoms with Crippen LogP contribution in [0.5, 0.6) is 0 Å². The Bertz CT molecular complexity index is 666. The number of piperidine rings is 1. The Morgan fingerprint density at radius 1 is 0.875 bits per heavy atom. The zero-order valence-corrected chi connectivity index (χ0v) is 14.4. The maximum absolute atomic E-state index is 11.4. The molecule has 1 aliphatic rings. The van der Waals surface area contributed by atoms with E-state index in [1.807, 2.05) is 60.7 Å². The van der Waals surface area contributed by atoms with Gasteiger partial charge in [-0.15, -0.1) is 0 Å². The molecule has 124 valence electrons. The second kappa shape index (κ2) is 7.21. The third-order valence-corrected chi connectivity index (χ3v) is 5.01. The molecule has 1 aliphatic heterocycles. The Labute approximate surface area is 145 Å². The van der Waals surface area contributed by atoms with Crippen molar-refractivity contribution >= 4 is 0 Å². The van der Waals surface area contributed by atoms with Gasteiger partial charge in [-0.25, -0.2) is 0 Å². The fraction of sp³-hybridized carbons (Fsp3) is 0.364. The van der Waals surface area contributed by atoms with Gasteiger partial charge in [0.1, 0.15) is 6.54 Å². The Kier molecular flexibility index (Phi) is 5.04. The number of likely N-dealkylation sites (tertiary alicyclic amines) is 1. The lowest BCUT2D eigenvalue weighted by Gasteiger charge is -2.36. The van der Waals surface area contributed by atoms with Gasteiger partial charge >= 0.3 is 0 Å². The van der Waals surface area contributed by atoms with Crippen LogP contribution in [-0.4, -0.2) is 36.3 Å². The van der Waals surface area contributed by atoms with Crippen molar-refractivity contribution in [2.75, 3.05) is 26.7 Å². The first-order valence-electron chi connectivity index (χ1n) is 8.79. The van der Waals surface area contributed by atoms with Crippen molar-refractivity contribution in [2.45, 2.75) is 24.9 Å². The van der Waals surface area contributed by atoms with Gasteiger partial charge in [-0.1, -0.05) is 66.6 Å². The number of aliphatic hydroxyl groups is 1. The molecular weight excluding hydrogens is 294 g/mol. The van der Waals surface area contributed by atoms with E-state index in [0.717, 1.165) is 22.2 Å². The molecule has 2 aromatic carbocycles.